The predicted octanol–water partition coefficient (Wildman–Crippen LogP) is 3.26. The molecule has 1 atom stereocenters. The zero-order valence-electron chi connectivity index (χ0n) is 10.6. The van der Waals surface area contributed by atoms with Gasteiger partial charge in [0.25, 0.3) is 0 Å². The Balaban J connectivity index is 1.91. The molecule has 2 nitrogen and oxygen atoms in total. The summed E-state index contributed by atoms with van der Waals surface area (Å²) in [7, 11) is 0. The van der Waals surface area contributed by atoms with E-state index < -0.39 is 6.10 Å². The SMILES string of the molecule is O[C@@H](CCl)COc1ccc(Cc2ccccc2)cc1. The normalized spacial score (nSPS) is 12.1. The number of halogens is 1. The fraction of sp³-hybridized carbons (Fsp3) is 0.250. The molecular formula is C16H17ClO2. The highest BCUT2D eigenvalue weighted by atomic mass is 35.5. The third-order valence-corrected chi connectivity index (χ3v) is 3.15. The number of hydrogen-bond acceptors (Lipinski definition) is 2. The Labute approximate surface area is 118 Å². The van der Waals surface area contributed by atoms with Crippen LogP contribution in [0.4, 0.5) is 0 Å². The molecule has 0 saturated heterocycles. The van der Waals surface area contributed by atoms with Gasteiger partial charge in [-0.3, -0.25) is 0 Å². The molecule has 0 aromatic heterocycles. The van der Waals surface area contributed by atoms with Gasteiger partial charge in [0.1, 0.15) is 18.5 Å². The quantitative estimate of drug-likeness (QED) is 0.821. The van der Waals surface area contributed by atoms with Crippen LogP contribution in [0.25, 0.3) is 0 Å². The van der Waals surface area contributed by atoms with E-state index in [-0.39, 0.29) is 12.5 Å². The molecule has 2 aromatic carbocycles. The highest BCUT2D eigenvalue weighted by Crippen LogP contribution is 2.15. The molecule has 3 heteroatoms. The van der Waals surface area contributed by atoms with Crippen LogP contribution in [0.1, 0.15) is 11.1 Å². The molecule has 2 rings (SSSR count). The topological polar surface area (TPSA) is 29.5 Å². The van der Waals surface area contributed by atoms with Crippen LogP contribution in [0.5, 0.6) is 5.75 Å². The minimum atomic E-state index is -0.620. The van der Waals surface area contributed by atoms with E-state index in [1.54, 1.807) is 0 Å². The summed E-state index contributed by atoms with van der Waals surface area (Å²) < 4.78 is 5.43. The van der Waals surface area contributed by atoms with E-state index in [0.29, 0.717) is 0 Å². The molecule has 0 heterocycles. The van der Waals surface area contributed by atoms with E-state index in [4.69, 9.17) is 16.3 Å². The maximum Gasteiger partial charge on any atom is 0.119 e. The van der Waals surface area contributed by atoms with Gasteiger partial charge < -0.3 is 9.84 Å². The van der Waals surface area contributed by atoms with Crippen LogP contribution >= 0.6 is 11.6 Å². The molecule has 0 radical (unpaired) electrons. The molecule has 0 amide bonds. The van der Waals surface area contributed by atoms with Crippen LogP contribution in [0, 0.1) is 0 Å². The molecule has 2 aromatic rings. The summed E-state index contributed by atoms with van der Waals surface area (Å²) >= 11 is 5.50. The lowest BCUT2D eigenvalue weighted by molar-refractivity contribution is 0.125. The summed E-state index contributed by atoms with van der Waals surface area (Å²) in [4.78, 5) is 0. The Morgan fingerprint density at radius 1 is 0.947 bits per heavy atom. The van der Waals surface area contributed by atoms with Crippen molar-refractivity contribution in [1.29, 1.82) is 0 Å². The molecule has 0 fully saturated rings. The lowest BCUT2D eigenvalue weighted by Gasteiger charge is -2.10. The van der Waals surface area contributed by atoms with E-state index in [2.05, 4.69) is 12.1 Å². The first-order valence-corrected chi connectivity index (χ1v) is 6.81. The van der Waals surface area contributed by atoms with Crippen LogP contribution in [0.15, 0.2) is 54.6 Å². The van der Waals surface area contributed by atoms with Crippen molar-refractivity contribution in [2.75, 3.05) is 12.5 Å². The van der Waals surface area contributed by atoms with Gasteiger partial charge in [0.15, 0.2) is 0 Å². The van der Waals surface area contributed by atoms with Crippen molar-refractivity contribution >= 4 is 11.6 Å². The predicted molar refractivity (Wildman–Crippen MR) is 77.9 cm³/mol. The Morgan fingerprint density at radius 2 is 1.58 bits per heavy atom. The van der Waals surface area contributed by atoms with E-state index in [9.17, 15) is 5.11 Å². The fourth-order valence-electron chi connectivity index (χ4n) is 1.77. The van der Waals surface area contributed by atoms with Crippen LogP contribution in [0.3, 0.4) is 0 Å². The van der Waals surface area contributed by atoms with Gasteiger partial charge in [0.05, 0.1) is 5.88 Å². The molecule has 0 unspecified atom stereocenters. The molecule has 100 valence electrons. The zero-order valence-corrected chi connectivity index (χ0v) is 11.4. The summed E-state index contributed by atoms with van der Waals surface area (Å²) in [6.07, 6.45) is 0.288. The summed E-state index contributed by atoms with van der Waals surface area (Å²) in [6.45, 7) is 0.224. The third kappa shape index (κ3) is 4.58. The van der Waals surface area contributed by atoms with Crippen LogP contribution in [0.2, 0.25) is 0 Å². The van der Waals surface area contributed by atoms with Gasteiger partial charge in [-0.05, 0) is 29.7 Å². The maximum atomic E-state index is 9.31. The standard InChI is InChI=1S/C16H17ClO2/c17-11-15(18)12-19-16-8-6-14(7-9-16)10-13-4-2-1-3-5-13/h1-9,15,18H,10-12H2/t15-/m0/s1. The van der Waals surface area contributed by atoms with Crippen molar-refractivity contribution in [3.05, 3.63) is 65.7 Å². The summed E-state index contributed by atoms with van der Waals surface area (Å²) in [5, 5.41) is 9.31. The zero-order chi connectivity index (χ0) is 13.5. The second-order valence-corrected chi connectivity index (χ2v) is 4.73. The lowest BCUT2D eigenvalue weighted by atomic mass is 10.1. The van der Waals surface area contributed by atoms with Gasteiger partial charge in [-0.2, -0.15) is 0 Å². The molecule has 0 saturated carbocycles. The largest absolute Gasteiger partial charge is 0.491 e. The van der Waals surface area contributed by atoms with Gasteiger partial charge >= 0.3 is 0 Å². The van der Waals surface area contributed by atoms with E-state index in [1.807, 2.05) is 42.5 Å². The number of hydrogen-bond donors (Lipinski definition) is 1. The second-order valence-electron chi connectivity index (χ2n) is 4.43. The lowest BCUT2D eigenvalue weighted by Crippen LogP contribution is -2.18. The summed E-state index contributed by atoms with van der Waals surface area (Å²) in [5.74, 6) is 0.938. The highest BCUT2D eigenvalue weighted by molar-refractivity contribution is 6.18. The van der Waals surface area contributed by atoms with Gasteiger partial charge in [-0.15, -0.1) is 11.6 Å². The number of benzene rings is 2. The molecule has 0 spiro atoms. The van der Waals surface area contributed by atoms with E-state index in [0.717, 1.165) is 12.2 Å². The first kappa shape index (κ1) is 13.9. The van der Waals surface area contributed by atoms with Crippen LogP contribution in [-0.4, -0.2) is 23.7 Å². The van der Waals surface area contributed by atoms with Crippen molar-refractivity contribution in [2.45, 2.75) is 12.5 Å². The Morgan fingerprint density at radius 3 is 2.21 bits per heavy atom. The van der Waals surface area contributed by atoms with Crippen molar-refractivity contribution in [2.24, 2.45) is 0 Å². The van der Waals surface area contributed by atoms with E-state index in [1.165, 1.54) is 11.1 Å². The summed E-state index contributed by atoms with van der Waals surface area (Å²) in [6, 6.07) is 18.2. The Kier molecular flexibility index (Phi) is 5.25. The van der Waals surface area contributed by atoms with Gasteiger partial charge in [-0.25, -0.2) is 0 Å². The van der Waals surface area contributed by atoms with Crippen molar-refractivity contribution in [1.82, 2.24) is 0 Å². The Hall–Kier alpha value is -1.51. The second kappa shape index (κ2) is 7.17. The Bertz CT molecular complexity index is 482. The summed E-state index contributed by atoms with van der Waals surface area (Å²) in [5.41, 5.74) is 2.52. The first-order chi connectivity index (χ1) is 9.28. The van der Waals surface area contributed by atoms with Crippen molar-refractivity contribution in [3.8, 4) is 5.75 Å². The minimum Gasteiger partial charge on any atom is -0.491 e. The molecule has 1 N–H and O–H groups in total. The van der Waals surface area contributed by atoms with Crippen LogP contribution < -0.4 is 4.74 Å². The third-order valence-electron chi connectivity index (χ3n) is 2.79. The number of alkyl halides is 1. The molecule has 0 aliphatic carbocycles. The number of ether oxygens (including phenoxy) is 1. The van der Waals surface area contributed by atoms with Crippen LogP contribution in [-0.2, 0) is 6.42 Å². The van der Waals surface area contributed by atoms with E-state index >= 15 is 0 Å². The highest BCUT2D eigenvalue weighted by Gasteiger charge is 2.03. The van der Waals surface area contributed by atoms with Gasteiger partial charge in [-0.1, -0.05) is 42.5 Å². The fourth-order valence-corrected chi connectivity index (χ4v) is 1.86. The maximum absolute atomic E-state index is 9.31. The van der Waals surface area contributed by atoms with Gasteiger partial charge in [0, 0.05) is 0 Å². The molecule has 0 aliphatic rings. The average molecular weight is 277 g/mol. The molecular weight excluding hydrogens is 260 g/mol. The monoisotopic (exact) mass is 276 g/mol. The van der Waals surface area contributed by atoms with Gasteiger partial charge in [0.2, 0.25) is 0 Å². The first-order valence-electron chi connectivity index (χ1n) is 6.27. The molecule has 19 heavy (non-hydrogen) atoms. The number of rotatable bonds is 6. The minimum absolute atomic E-state index is 0.187. The average Bonchev–Trinajstić information content (AvgIpc) is 2.47. The molecule has 0 aliphatic heterocycles. The van der Waals surface area contributed by atoms with Crippen molar-refractivity contribution < 1.29 is 9.84 Å². The number of aliphatic hydroxyl groups is 1. The number of aliphatic hydroxyl groups excluding tert-OH is 1. The smallest absolute Gasteiger partial charge is 0.119 e. The molecule has 0 bridgehead atoms. The van der Waals surface area contributed by atoms with Crippen molar-refractivity contribution in [3.63, 3.8) is 0 Å².